The molecule has 0 aliphatic rings. The molecule has 0 saturated carbocycles. The van der Waals surface area contributed by atoms with Gasteiger partial charge in [0.15, 0.2) is 0 Å². The molecule has 0 spiro atoms. The van der Waals surface area contributed by atoms with Crippen LogP contribution < -0.4 is 5.73 Å². The average Bonchev–Trinajstić information content (AvgIpc) is 2.37. The highest BCUT2D eigenvalue weighted by Crippen LogP contribution is 2.25. The van der Waals surface area contributed by atoms with Gasteiger partial charge in [-0.2, -0.15) is 0 Å². The summed E-state index contributed by atoms with van der Waals surface area (Å²) in [7, 11) is 0. The fraction of sp³-hybridized carbons (Fsp3) is 0.200. The van der Waals surface area contributed by atoms with Crippen LogP contribution in [-0.2, 0) is 6.42 Å². The highest BCUT2D eigenvalue weighted by molar-refractivity contribution is 9.11. The van der Waals surface area contributed by atoms with E-state index in [1.807, 2.05) is 48.5 Å². The highest BCUT2D eigenvalue weighted by Gasteiger charge is 2.18. The van der Waals surface area contributed by atoms with E-state index >= 15 is 0 Å². The van der Waals surface area contributed by atoms with Gasteiger partial charge in [-0.25, -0.2) is 0 Å². The number of aliphatic hydroxyl groups is 1. The summed E-state index contributed by atoms with van der Waals surface area (Å²) in [5.41, 5.74) is 8.12. The van der Waals surface area contributed by atoms with Gasteiger partial charge < -0.3 is 10.8 Å². The zero-order valence-corrected chi connectivity index (χ0v) is 14.7. The fourth-order valence-corrected chi connectivity index (χ4v) is 3.30. The highest BCUT2D eigenvalue weighted by atomic mass is 79.9. The van der Waals surface area contributed by atoms with Crippen LogP contribution >= 0.6 is 44.3 Å². The van der Waals surface area contributed by atoms with E-state index in [0.29, 0.717) is 6.42 Å². The summed E-state index contributed by atoms with van der Waals surface area (Å²) in [5, 5.41) is 10.3. The molecule has 0 aliphatic carbocycles. The monoisotopic (exact) mass is 419 g/mol. The first-order valence-corrected chi connectivity index (χ1v) is 7.58. The first kappa shape index (κ1) is 17.7. The van der Waals surface area contributed by atoms with E-state index in [1.165, 1.54) is 0 Å². The summed E-state index contributed by atoms with van der Waals surface area (Å²) >= 11 is 6.86. The lowest BCUT2D eigenvalue weighted by Crippen LogP contribution is -2.28. The number of nitrogens with two attached hydrogens (primary N) is 1. The Morgan fingerprint density at radius 1 is 1.00 bits per heavy atom. The summed E-state index contributed by atoms with van der Waals surface area (Å²) in [5.74, 6) is 0. The molecular formula is C15H16Br2ClNO. The van der Waals surface area contributed by atoms with E-state index in [2.05, 4.69) is 31.9 Å². The molecule has 2 atom stereocenters. The van der Waals surface area contributed by atoms with Crippen LogP contribution in [0.2, 0.25) is 0 Å². The largest absolute Gasteiger partial charge is 0.391 e. The van der Waals surface area contributed by atoms with Gasteiger partial charge in [-0.05, 0) is 29.3 Å². The molecule has 2 aromatic carbocycles. The maximum atomic E-state index is 10.3. The van der Waals surface area contributed by atoms with Crippen molar-refractivity contribution in [3.63, 3.8) is 0 Å². The van der Waals surface area contributed by atoms with Crippen molar-refractivity contribution in [2.75, 3.05) is 0 Å². The smallest absolute Gasteiger partial charge is 0.0773 e. The molecule has 5 heteroatoms. The number of hydrogen-bond acceptors (Lipinski definition) is 2. The third-order valence-corrected chi connectivity index (χ3v) is 3.89. The first-order valence-electron chi connectivity index (χ1n) is 6.00. The lowest BCUT2D eigenvalue weighted by molar-refractivity contribution is 0.145. The summed E-state index contributed by atoms with van der Waals surface area (Å²) in [4.78, 5) is 0. The third-order valence-electron chi connectivity index (χ3n) is 2.97. The van der Waals surface area contributed by atoms with Crippen molar-refractivity contribution in [1.82, 2.24) is 0 Å². The summed E-state index contributed by atoms with van der Waals surface area (Å²) in [6.07, 6.45) is -0.0600. The van der Waals surface area contributed by atoms with Crippen molar-refractivity contribution in [3.05, 3.63) is 68.6 Å². The van der Waals surface area contributed by atoms with Crippen molar-refractivity contribution in [2.24, 2.45) is 5.73 Å². The lowest BCUT2D eigenvalue weighted by atomic mass is 9.97. The van der Waals surface area contributed by atoms with E-state index in [9.17, 15) is 5.11 Å². The van der Waals surface area contributed by atoms with Crippen molar-refractivity contribution < 1.29 is 5.11 Å². The third kappa shape index (κ3) is 4.86. The van der Waals surface area contributed by atoms with E-state index < -0.39 is 12.1 Å². The van der Waals surface area contributed by atoms with Crippen molar-refractivity contribution >= 4 is 44.3 Å². The second-order valence-corrected chi connectivity index (χ2v) is 6.32. The second-order valence-electron chi connectivity index (χ2n) is 4.49. The van der Waals surface area contributed by atoms with Gasteiger partial charge >= 0.3 is 0 Å². The maximum absolute atomic E-state index is 10.3. The first-order chi connectivity index (χ1) is 9.06. The van der Waals surface area contributed by atoms with Gasteiger partial charge in [0.2, 0.25) is 0 Å². The predicted molar refractivity (Wildman–Crippen MR) is 92.2 cm³/mol. The standard InChI is InChI=1S/C15H15Br2NO.ClH/c16-12-7-11(8-13(17)9-12)15(18)14(19)6-10-4-2-1-3-5-10;/h1-5,7-9,14-15,19H,6,18H2;1H/t14-,15+;/m0./s1. The molecule has 2 aromatic rings. The molecule has 2 nitrogen and oxygen atoms in total. The zero-order chi connectivity index (χ0) is 13.8. The molecule has 0 aliphatic heterocycles. The molecule has 2 rings (SSSR count). The molecule has 0 heterocycles. The molecule has 20 heavy (non-hydrogen) atoms. The van der Waals surface area contributed by atoms with Crippen LogP contribution in [0.5, 0.6) is 0 Å². The Hall–Kier alpha value is -0.390. The lowest BCUT2D eigenvalue weighted by Gasteiger charge is -2.20. The van der Waals surface area contributed by atoms with Crippen molar-refractivity contribution in [3.8, 4) is 0 Å². The van der Waals surface area contributed by atoms with Gasteiger partial charge in [0, 0.05) is 15.4 Å². The van der Waals surface area contributed by atoms with E-state index in [-0.39, 0.29) is 12.4 Å². The van der Waals surface area contributed by atoms with Gasteiger partial charge in [0.1, 0.15) is 0 Å². The number of hydrogen-bond donors (Lipinski definition) is 2. The van der Waals surface area contributed by atoms with E-state index in [0.717, 1.165) is 20.1 Å². The number of benzene rings is 2. The number of rotatable bonds is 4. The van der Waals surface area contributed by atoms with Crippen molar-refractivity contribution in [1.29, 1.82) is 0 Å². The minimum absolute atomic E-state index is 0. The molecule has 0 amide bonds. The van der Waals surface area contributed by atoms with Gasteiger partial charge in [-0.15, -0.1) is 12.4 Å². The molecule has 0 fully saturated rings. The van der Waals surface area contributed by atoms with Crippen LogP contribution in [0, 0.1) is 0 Å². The summed E-state index contributed by atoms with van der Waals surface area (Å²) in [6, 6.07) is 15.3. The van der Waals surface area contributed by atoms with Gasteiger partial charge in [0.25, 0.3) is 0 Å². The minimum Gasteiger partial charge on any atom is -0.391 e. The van der Waals surface area contributed by atoms with Crippen LogP contribution in [0.1, 0.15) is 17.2 Å². The van der Waals surface area contributed by atoms with E-state index in [1.54, 1.807) is 0 Å². The SMILES string of the molecule is Cl.N[C@H](c1cc(Br)cc(Br)c1)[C@@H](O)Cc1ccccc1. The number of halogens is 3. The van der Waals surface area contributed by atoms with Gasteiger partial charge in [-0.1, -0.05) is 62.2 Å². The number of aliphatic hydroxyl groups excluding tert-OH is 1. The van der Waals surface area contributed by atoms with Gasteiger partial charge in [0.05, 0.1) is 12.1 Å². The minimum atomic E-state index is -0.608. The second kappa shape index (κ2) is 8.15. The van der Waals surface area contributed by atoms with Crippen LogP contribution in [-0.4, -0.2) is 11.2 Å². The Labute approximate surface area is 142 Å². The van der Waals surface area contributed by atoms with Gasteiger partial charge in [-0.3, -0.25) is 0 Å². The molecule has 0 aromatic heterocycles. The predicted octanol–water partition coefficient (Wildman–Crippen LogP) is 4.24. The molecule has 0 saturated heterocycles. The fourth-order valence-electron chi connectivity index (χ4n) is 1.97. The molecule has 0 radical (unpaired) electrons. The van der Waals surface area contributed by atoms with Crippen molar-refractivity contribution in [2.45, 2.75) is 18.6 Å². The normalized spacial score (nSPS) is 13.4. The van der Waals surface area contributed by atoms with Crippen LogP contribution in [0.4, 0.5) is 0 Å². The Balaban J connectivity index is 0.00000200. The molecule has 0 bridgehead atoms. The topological polar surface area (TPSA) is 46.2 Å². The molecule has 3 N–H and O–H groups in total. The average molecular weight is 422 g/mol. The van der Waals surface area contributed by atoms with Crippen LogP contribution in [0.3, 0.4) is 0 Å². The molecule has 0 unspecified atom stereocenters. The Kier molecular flexibility index (Phi) is 7.20. The maximum Gasteiger partial charge on any atom is 0.0773 e. The Morgan fingerprint density at radius 2 is 1.55 bits per heavy atom. The van der Waals surface area contributed by atoms with E-state index in [4.69, 9.17) is 5.73 Å². The zero-order valence-electron chi connectivity index (χ0n) is 10.7. The summed E-state index contributed by atoms with van der Waals surface area (Å²) < 4.78 is 1.89. The molecular weight excluding hydrogens is 405 g/mol. The molecule has 108 valence electrons. The summed E-state index contributed by atoms with van der Waals surface area (Å²) in [6.45, 7) is 0. The quantitative estimate of drug-likeness (QED) is 0.776. The van der Waals surface area contributed by atoms with Crippen LogP contribution in [0.25, 0.3) is 0 Å². The van der Waals surface area contributed by atoms with Crippen LogP contribution in [0.15, 0.2) is 57.5 Å². The Morgan fingerprint density at radius 3 is 2.10 bits per heavy atom. The Bertz CT molecular complexity index is 531.